The van der Waals surface area contributed by atoms with Gasteiger partial charge in [0, 0.05) is 6.20 Å². The van der Waals surface area contributed by atoms with E-state index in [0.29, 0.717) is 0 Å². The average Bonchev–Trinajstić information content (AvgIpc) is 2.66. The maximum Gasteiger partial charge on any atom is 0.125 e. The van der Waals surface area contributed by atoms with Gasteiger partial charge in [0.05, 0.1) is 11.9 Å². The minimum Gasteiger partial charge on any atom is -0.241 e. The minimum absolute atomic E-state index is 0.240. The summed E-state index contributed by atoms with van der Waals surface area (Å²) in [5, 5.41) is 4.15. The van der Waals surface area contributed by atoms with Crippen molar-refractivity contribution in [3.8, 4) is 5.69 Å². The first-order chi connectivity index (χ1) is 6.79. The predicted molar refractivity (Wildman–Crippen MR) is 52.9 cm³/mol. The van der Waals surface area contributed by atoms with E-state index in [2.05, 4.69) is 12.0 Å². The summed E-state index contributed by atoms with van der Waals surface area (Å²) in [6.45, 7) is 2.06. The number of aromatic nitrogens is 2. The molecule has 72 valence electrons. The van der Waals surface area contributed by atoms with Crippen molar-refractivity contribution in [1.82, 2.24) is 9.78 Å². The first-order valence-electron chi connectivity index (χ1n) is 4.59. The van der Waals surface area contributed by atoms with Gasteiger partial charge in [0.25, 0.3) is 0 Å². The third-order valence-electron chi connectivity index (χ3n) is 2.12. The summed E-state index contributed by atoms with van der Waals surface area (Å²) < 4.78 is 14.6. The van der Waals surface area contributed by atoms with Crippen LogP contribution in [0.5, 0.6) is 0 Å². The highest BCUT2D eigenvalue weighted by Gasteiger charge is 1.99. The predicted octanol–water partition coefficient (Wildman–Crippen LogP) is 2.57. The Morgan fingerprint density at radius 1 is 1.43 bits per heavy atom. The summed E-state index contributed by atoms with van der Waals surface area (Å²) in [7, 11) is 0. The van der Waals surface area contributed by atoms with Gasteiger partial charge < -0.3 is 0 Å². The van der Waals surface area contributed by atoms with E-state index in [9.17, 15) is 4.39 Å². The third-order valence-corrected chi connectivity index (χ3v) is 2.12. The van der Waals surface area contributed by atoms with Gasteiger partial charge in [-0.05, 0) is 30.2 Å². The smallest absolute Gasteiger partial charge is 0.125 e. The van der Waals surface area contributed by atoms with Crippen LogP contribution in [0.15, 0.2) is 36.7 Å². The molecule has 2 rings (SSSR count). The van der Waals surface area contributed by atoms with Crippen molar-refractivity contribution in [3.63, 3.8) is 0 Å². The largest absolute Gasteiger partial charge is 0.241 e. The van der Waals surface area contributed by atoms with Gasteiger partial charge in [-0.15, -0.1) is 0 Å². The highest BCUT2D eigenvalue weighted by molar-refractivity contribution is 5.31. The molecule has 1 aromatic heterocycles. The Morgan fingerprint density at radius 2 is 2.29 bits per heavy atom. The molecule has 0 unspecified atom stereocenters. The topological polar surface area (TPSA) is 17.8 Å². The van der Waals surface area contributed by atoms with Gasteiger partial charge in [0.2, 0.25) is 0 Å². The Hall–Kier alpha value is -1.64. The monoisotopic (exact) mass is 190 g/mol. The molecule has 1 heterocycles. The van der Waals surface area contributed by atoms with Crippen LogP contribution in [-0.4, -0.2) is 9.78 Å². The zero-order valence-electron chi connectivity index (χ0n) is 7.94. The second kappa shape index (κ2) is 3.62. The highest BCUT2D eigenvalue weighted by Crippen LogP contribution is 2.10. The molecule has 2 aromatic rings. The lowest BCUT2D eigenvalue weighted by atomic mass is 10.3. The molecular formula is C11H11FN2. The van der Waals surface area contributed by atoms with E-state index in [1.165, 1.54) is 12.1 Å². The van der Waals surface area contributed by atoms with E-state index in [4.69, 9.17) is 0 Å². The number of benzene rings is 1. The Bertz CT molecular complexity index is 434. The highest BCUT2D eigenvalue weighted by atomic mass is 19.1. The number of hydrogen-bond donors (Lipinski definition) is 0. The van der Waals surface area contributed by atoms with Crippen LogP contribution in [0, 0.1) is 5.82 Å². The summed E-state index contributed by atoms with van der Waals surface area (Å²) in [4.78, 5) is 0. The third kappa shape index (κ3) is 1.66. The standard InChI is InChI=1S/C11H11FN2/c1-2-9-7-13-14(8-9)11-5-3-4-10(12)6-11/h3-8H,2H2,1H3. The number of hydrogen-bond acceptors (Lipinski definition) is 1. The van der Waals surface area contributed by atoms with Crippen molar-refractivity contribution in [3.05, 3.63) is 48.0 Å². The quantitative estimate of drug-likeness (QED) is 0.711. The van der Waals surface area contributed by atoms with Crippen LogP contribution >= 0.6 is 0 Å². The van der Waals surface area contributed by atoms with E-state index in [0.717, 1.165) is 17.7 Å². The summed E-state index contributed by atoms with van der Waals surface area (Å²) in [6.07, 6.45) is 4.65. The van der Waals surface area contributed by atoms with E-state index >= 15 is 0 Å². The molecule has 0 aliphatic rings. The van der Waals surface area contributed by atoms with Gasteiger partial charge >= 0.3 is 0 Å². The van der Waals surface area contributed by atoms with Crippen LogP contribution in [0.4, 0.5) is 4.39 Å². The second-order valence-electron chi connectivity index (χ2n) is 3.13. The van der Waals surface area contributed by atoms with Gasteiger partial charge in [0.1, 0.15) is 5.82 Å². The van der Waals surface area contributed by atoms with E-state index in [1.807, 2.05) is 12.3 Å². The number of aryl methyl sites for hydroxylation is 1. The molecule has 2 nitrogen and oxygen atoms in total. The van der Waals surface area contributed by atoms with Gasteiger partial charge in [-0.25, -0.2) is 9.07 Å². The molecule has 0 saturated carbocycles. The summed E-state index contributed by atoms with van der Waals surface area (Å²) >= 11 is 0. The van der Waals surface area contributed by atoms with Crippen LogP contribution in [0.2, 0.25) is 0 Å². The van der Waals surface area contributed by atoms with Crippen molar-refractivity contribution in [2.45, 2.75) is 13.3 Å². The van der Waals surface area contributed by atoms with Crippen molar-refractivity contribution in [2.75, 3.05) is 0 Å². The molecule has 1 aromatic carbocycles. The molecule has 0 amide bonds. The Kier molecular flexibility index (Phi) is 2.31. The molecule has 0 aliphatic heterocycles. The van der Waals surface area contributed by atoms with Gasteiger partial charge in [-0.1, -0.05) is 13.0 Å². The van der Waals surface area contributed by atoms with Crippen molar-refractivity contribution >= 4 is 0 Å². The molecule has 3 heteroatoms. The molecule has 0 aliphatic carbocycles. The lowest BCUT2D eigenvalue weighted by molar-refractivity contribution is 0.625. The normalized spacial score (nSPS) is 10.4. The Balaban J connectivity index is 2.39. The molecule has 0 radical (unpaired) electrons. The van der Waals surface area contributed by atoms with Crippen LogP contribution < -0.4 is 0 Å². The summed E-state index contributed by atoms with van der Waals surface area (Å²) in [5.74, 6) is -0.240. The van der Waals surface area contributed by atoms with Crippen LogP contribution in [0.25, 0.3) is 5.69 Å². The minimum atomic E-state index is -0.240. The zero-order chi connectivity index (χ0) is 9.97. The molecular weight excluding hydrogens is 179 g/mol. The van der Waals surface area contributed by atoms with Crippen LogP contribution in [0.1, 0.15) is 12.5 Å². The first kappa shape index (κ1) is 8.94. The summed E-state index contributed by atoms with van der Waals surface area (Å²) in [6, 6.07) is 6.40. The lowest BCUT2D eigenvalue weighted by Gasteiger charge is -1.99. The van der Waals surface area contributed by atoms with Crippen LogP contribution in [-0.2, 0) is 6.42 Å². The Morgan fingerprint density at radius 3 is 2.93 bits per heavy atom. The fourth-order valence-corrected chi connectivity index (χ4v) is 1.30. The van der Waals surface area contributed by atoms with Crippen molar-refractivity contribution in [1.29, 1.82) is 0 Å². The number of rotatable bonds is 2. The molecule has 0 N–H and O–H groups in total. The average molecular weight is 190 g/mol. The van der Waals surface area contributed by atoms with Crippen LogP contribution in [0.3, 0.4) is 0 Å². The van der Waals surface area contributed by atoms with Gasteiger partial charge in [-0.3, -0.25) is 0 Å². The first-order valence-corrected chi connectivity index (χ1v) is 4.59. The van der Waals surface area contributed by atoms with Crippen molar-refractivity contribution < 1.29 is 4.39 Å². The second-order valence-corrected chi connectivity index (χ2v) is 3.13. The summed E-state index contributed by atoms with van der Waals surface area (Å²) in [5.41, 5.74) is 1.90. The Labute approximate surface area is 82.0 Å². The molecule has 0 spiro atoms. The van der Waals surface area contributed by atoms with Gasteiger partial charge in [0.15, 0.2) is 0 Å². The van der Waals surface area contributed by atoms with Crippen molar-refractivity contribution in [2.24, 2.45) is 0 Å². The molecule has 0 fully saturated rings. The lowest BCUT2D eigenvalue weighted by Crippen LogP contribution is -1.94. The zero-order valence-corrected chi connectivity index (χ0v) is 7.94. The fraction of sp³-hybridized carbons (Fsp3) is 0.182. The number of halogens is 1. The maximum atomic E-state index is 12.9. The van der Waals surface area contributed by atoms with Gasteiger partial charge in [-0.2, -0.15) is 5.10 Å². The molecule has 0 saturated heterocycles. The fourth-order valence-electron chi connectivity index (χ4n) is 1.30. The van der Waals surface area contributed by atoms with E-state index in [1.54, 1.807) is 16.9 Å². The molecule has 0 bridgehead atoms. The molecule has 0 atom stereocenters. The number of nitrogens with zero attached hydrogens (tertiary/aromatic N) is 2. The SMILES string of the molecule is CCc1cnn(-c2cccc(F)c2)c1. The van der Waals surface area contributed by atoms with E-state index in [-0.39, 0.29) is 5.82 Å². The van der Waals surface area contributed by atoms with E-state index < -0.39 is 0 Å². The molecule has 14 heavy (non-hydrogen) atoms. The maximum absolute atomic E-state index is 12.9.